The lowest BCUT2D eigenvalue weighted by molar-refractivity contribution is -0.147. The fourth-order valence-electron chi connectivity index (χ4n) is 4.26. The van der Waals surface area contributed by atoms with Gasteiger partial charge in [-0.3, -0.25) is 19.3 Å². The fourth-order valence-corrected chi connectivity index (χ4v) is 4.26. The first-order valence-corrected chi connectivity index (χ1v) is 10.1. The van der Waals surface area contributed by atoms with E-state index < -0.39 is 42.4 Å². The molecule has 1 saturated heterocycles. The molecule has 0 radical (unpaired) electrons. The van der Waals surface area contributed by atoms with Gasteiger partial charge in [0, 0.05) is 5.56 Å². The molecule has 3 amide bonds. The number of hydrogen-bond donors (Lipinski definition) is 1. The molecule has 0 bridgehead atoms. The number of carbonyl (C=O) groups excluding carboxylic acids is 4. The minimum absolute atomic E-state index is 0.000468. The standard InChI is InChI=1S/C21H24N2O7/c1-13-4-2-3-7-21(13)19(26)23(20(27)22-21)11-18(25)30-12-15(24)14-5-6-16-17(10-14)29-9-8-28-16/h5-6,10,13H,2-4,7-9,11-12H2,1H3,(H,22,27)/t13-,21-/m1/s1. The summed E-state index contributed by atoms with van der Waals surface area (Å²) in [5.41, 5.74) is -0.617. The third-order valence-corrected chi connectivity index (χ3v) is 6.02. The summed E-state index contributed by atoms with van der Waals surface area (Å²) in [5, 5.41) is 2.78. The van der Waals surface area contributed by atoms with E-state index in [0.29, 0.717) is 36.7 Å². The van der Waals surface area contributed by atoms with E-state index in [1.54, 1.807) is 12.1 Å². The first kappa shape index (κ1) is 20.2. The normalized spacial score (nSPS) is 25.2. The van der Waals surface area contributed by atoms with Crippen LogP contribution in [0.3, 0.4) is 0 Å². The molecule has 2 atom stereocenters. The van der Waals surface area contributed by atoms with Crippen LogP contribution in [-0.2, 0) is 14.3 Å². The van der Waals surface area contributed by atoms with Gasteiger partial charge in [0.05, 0.1) is 0 Å². The molecule has 1 N–H and O–H groups in total. The molecule has 30 heavy (non-hydrogen) atoms. The number of esters is 1. The predicted octanol–water partition coefficient (Wildman–Crippen LogP) is 1.68. The zero-order valence-corrected chi connectivity index (χ0v) is 16.8. The Morgan fingerprint density at radius 1 is 1.20 bits per heavy atom. The molecule has 4 rings (SSSR count). The van der Waals surface area contributed by atoms with E-state index in [1.165, 1.54) is 6.07 Å². The van der Waals surface area contributed by atoms with Crippen molar-refractivity contribution in [1.29, 1.82) is 0 Å². The molecule has 9 nitrogen and oxygen atoms in total. The highest BCUT2D eigenvalue weighted by Crippen LogP contribution is 2.38. The fraction of sp³-hybridized carbons (Fsp3) is 0.524. The van der Waals surface area contributed by atoms with E-state index in [2.05, 4.69) is 5.32 Å². The van der Waals surface area contributed by atoms with Crippen LogP contribution in [0, 0.1) is 5.92 Å². The van der Waals surface area contributed by atoms with Crippen LogP contribution in [-0.4, -0.2) is 60.5 Å². The molecule has 2 aliphatic heterocycles. The largest absolute Gasteiger partial charge is 0.486 e. The average Bonchev–Trinajstić information content (AvgIpc) is 2.98. The summed E-state index contributed by atoms with van der Waals surface area (Å²) in [7, 11) is 0. The van der Waals surface area contributed by atoms with Crippen LogP contribution in [0.15, 0.2) is 18.2 Å². The van der Waals surface area contributed by atoms with Gasteiger partial charge in [-0.2, -0.15) is 0 Å². The lowest BCUT2D eigenvalue weighted by Crippen LogP contribution is -2.54. The van der Waals surface area contributed by atoms with Gasteiger partial charge in [0.2, 0.25) is 0 Å². The van der Waals surface area contributed by atoms with Gasteiger partial charge in [-0.15, -0.1) is 0 Å². The molecule has 9 heteroatoms. The summed E-state index contributed by atoms with van der Waals surface area (Å²) in [4.78, 5) is 50.7. The number of fused-ring (bicyclic) bond motifs is 1. The number of rotatable bonds is 5. The highest BCUT2D eigenvalue weighted by Gasteiger charge is 2.55. The van der Waals surface area contributed by atoms with Crippen molar-refractivity contribution in [2.45, 2.75) is 38.1 Å². The summed E-state index contributed by atoms with van der Waals surface area (Å²) < 4.78 is 15.9. The van der Waals surface area contributed by atoms with E-state index in [1.807, 2.05) is 6.92 Å². The Hall–Kier alpha value is -3.10. The first-order valence-electron chi connectivity index (χ1n) is 10.1. The highest BCUT2D eigenvalue weighted by atomic mass is 16.6. The Bertz CT molecular complexity index is 899. The van der Waals surface area contributed by atoms with Crippen LogP contribution in [0.1, 0.15) is 43.0 Å². The van der Waals surface area contributed by atoms with Crippen LogP contribution < -0.4 is 14.8 Å². The molecule has 1 aromatic rings. The number of nitrogens with one attached hydrogen (secondary N) is 1. The van der Waals surface area contributed by atoms with Crippen molar-refractivity contribution >= 4 is 23.7 Å². The molecular weight excluding hydrogens is 392 g/mol. The number of carbonyl (C=O) groups is 4. The van der Waals surface area contributed by atoms with Crippen molar-refractivity contribution in [3.05, 3.63) is 23.8 Å². The number of imide groups is 1. The first-order chi connectivity index (χ1) is 14.4. The van der Waals surface area contributed by atoms with E-state index in [4.69, 9.17) is 14.2 Å². The van der Waals surface area contributed by atoms with Gasteiger partial charge in [-0.05, 0) is 37.0 Å². The van der Waals surface area contributed by atoms with Crippen molar-refractivity contribution in [2.75, 3.05) is 26.4 Å². The number of nitrogens with zero attached hydrogens (tertiary/aromatic N) is 1. The van der Waals surface area contributed by atoms with Crippen molar-refractivity contribution in [2.24, 2.45) is 5.92 Å². The van der Waals surface area contributed by atoms with Crippen molar-refractivity contribution in [3.63, 3.8) is 0 Å². The van der Waals surface area contributed by atoms with Crippen LogP contribution in [0.5, 0.6) is 11.5 Å². The minimum atomic E-state index is -0.934. The van der Waals surface area contributed by atoms with Crippen LogP contribution in [0.25, 0.3) is 0 Å². The maximum atomic E-state index is 12.9. The van der Waals surface area contributed by atoms with E-state index in [0.717, 1.165) is 24.2 Å². The second-order valence-electron chi connectivity index (χ2n) is 7.88. The molecule has 2 heterocycles. The maximum Gasteiger partial charge on any atom is 0.326 e. The van der Waals surface area contributed by atoms with Gasteiger partial charge in [0.15, 0.2) is 23.9 Å². The zero-order valence-electron chi connectivity index (χ0n) is 16.8. The molecule has 3 aliphatic rings. The Kier molecular flexibility index (Phi) is 5.36. The van der Waals surface area contributed by atoms with Crippen LogP contribution in [0.4, 0.5) is 4.79 Å². The summed E-state index contributed by atoms with van der Waals surface area (Å²) >= 11 is 0. The summed E-state index contributed by atoms with van der Waals surface area (Å²) in [6.45, 7) is 1.76. The molecule has 1 saturated carbocycles. The second kappa shape index (κ2) is 7.97. The van der Waals surface area contributed by atoms with E-state index >= 15 is 0 Å². The van der Waals surface area contributed by atoms with Gasteiger partial charge < -0.3 is 19.5 Å². The average molecular weight is 416 g/mol. The number of ketones is 1. The quantitative estimate of drug-likeness (QED) is 0.442. The van der Waals surface area contributed by atoms with Crippen molar-refractivity contribution in [1.82, 2.24) is 10.2 Å². The van der Waals surface area contributed by atoms with Gasteiger partial charge in [0.1, 0.15) is 25.3 Å². The monoisotopic (exact) mass is 416 g/mol. The molecule has 1 aliphatic carbocycles. The number of amides is 3. The van der Waals surface area contributed by atoms with Gasteiger partial charge >= 0.3 is 12.0 Å². The zero-order chi connectivity index (χ0) is 21.3. The third-order valence-electron chi connectivity index (χ3n) is 6.02. The van der Waals surface area contributed by atoms with Gasteiger partial charge in [-0.1, -0.05) is 19.8 Å². The number of urea groups is 1. The van der Waals surface area contributed by atoms with Crippen molar-refractivity contribution < 1.29 is 33.4 Å². The molecule has 1 spiro atoms. The highest BCUT2D eigenvalue weighted by molar-refractivity contribution is 6.09. The van der Waals surface area contributed by atoms with Crippen LogP contribution in [0.2, 0.25) is 0 Å². The predicted molar refractivity (Wildman–Crippen MR) is 103 cm³/mol. The molecule has 0 aromatic heterocycles. The third kappa shape index (κ3) is 3.59. The number of Topliss-reactive ketones (excluding diaryl/α,β-unsaturated/α-hetero) is 1. The number of hydrogen-bond acceptors (Lipinski definition) is 7. The van der Waals surface area contributed by atoms with Gasteiger partial charge in [-0.25, -0.2) is 4.79 Å². The van der Waals surface area contributed by atoms with Gasteiger partial charge in [0.25, 0.3) is 5.91 Å². The lowest BCUT2D eigenvalue weighted by Gasteiger charge is -2.36. The van der Waals surface area contributed by atoms with Crippen molar-refractivity contribution in [3.8, 4) is 11.5 Å². The summed E-state index contributed by atoms with van der Waals surface area (Å²) in [6, 6.07) is 4.14. The topological polar surface area (TPSA) is 111 Å². The Labute approximate surface area is 173 Å². The molecule has 160 valence electrons. The summed E-state index contributed by atoms with van der Waals surface area (Å²) in [5.74, 6) is -0.612. The smallest absolute Gasteiger partial charge is 0.326 e. The SMILES string of the molecule is C[C@@H]1CCCC[C@@]12NC(=O)N(CC(=O)OCC(=O)c1ccc3c(c1)OCCO3)C2=O. The second-order valence-corrected chi connectivity index (χ2v) is 7.88. The molecular formula is C21H24N2O7. The molecule has 1 aromatic carbocycles. The Balaban J connectivity index is 1.34. The van der Waals surface area contributed by atoms with Crippen LogP contribution >= 0.6 is 0 Å². The number of ether oxygens (including phenoxy) is 3. The molecule has 0 unspecified atom stereocenters. The maximum absolute atomic E-state index is 12.9. The molecule has 2 fully saturated rings. The Morgan fingerprint density at radius 2 is 1.97 bits per heavy atom. The Morgan fingerprint density at radius 3 is 2.73 bits per heavy atom. The summed E-state index contributed by atoms with van der Waals surface area (Å²) in [6.07, 6.45) is 3.26. The minimum Gasteiger partial charge on any atom is -0.486 e. The number of benzene rings is 1. The lowest BCUT2D eigenvalue weighted by atomic mass is 9.73. The van der Waals surface area contributed by atoms with E-state index in [-0.39, 0.29) is 5.92 Å². The van der Waals surface area contributed by atoms with E-state index in [9.17, 15) is 19.2 Å².